The minimum atomic E-state index is -0.223. The molecule has 3 rings (SSSR count). The van der Waals surface area contributed by atoms with Crippen LogP contribution in [0.1, 0.15) is 30.5 Å². The van der Waals surface area contributed by atoms with Gasteiger partial charge in [-0.05, 0) is 61.9 Å². The van der Waals surface area contributed by atoms with Crippen LogP contribution in [0.25, 0.3) is 6.08 Å². The van der Waals surface area contributed by atoms with Crippen LogP contribution in [0.4, 0.5) is 10.5 Å². The molecule has 2 aromatic carbocycles. The van der Waals surface area contributed by atoms with Crippen LogP contribution >= 0.6 is 11.8 Å². The van der Waals surface area contributed by atoms with Crippen molar-refractivity contribution in [2.75, 3.05) is 18.0 Å². The maximum Gasteiger partial charge on any atom is 0.293 e. The number of benzene rings is 2. The summed E-state index contributed by atoms with van der Waals surface area (Å²) >= 11 is 1.01. The van der Waals surface area contributed by atoms with Crippen molar-refractivity contribution in [1.82, 2.24) is 4.90 Å². The zero-order chi connectivity index (χ0) is 19.4. The monoisotopic (exact) mass is 380 g/mol. The fourth-order valence-electron chi connectivity index (χ4n) is 3.15. The Morgan fingerprint density at radius 1 is 1.04 bits per heavy atom. The summed E-state index contributed by atoms with van der Waals surface area (Å²) in [7, 11) is 0. The van der Waals surface area contributed by atoms with Crippen molar-refractivity contribution in [3.05, 3.63) is 70.1 Å². The number of nitrogens with zero attached hydrogens (tertiary/aromatic N) is 2. The fourth-order valence-corrected chi connectivity index (χ4v) is 3.99. The predicted molar refractivity (Wildman–Crippen MR) is 113 cm³/mol. The summed E-state index contributed by atoms with van der Waals surface area (Å²) in [5.74, 6) is -0.223. The van der Waals surface area contributed by atoms with E-state index in [9.17, 15) is 9.59 Å². The first kappa shape index (κ1) is 19.2. The third kappa shape index (κ3) is 4.42. The molecule has 2 aromatic rings. The number of rotatable bonds is 6. The van der Waals surface area contributed by atoms with Gasteiger partial charge in [-0.1, -0.05) is 42.0 Å². The van der Waals surface area contributed by atoms with Crippen LogP contribution < -0.4 is 4.90 Å². The number of hydrogen-bond acceptors (Lipinski definition) is 4. The summed E-state index contributed by atoms with van der Waals surface area (Å²) < 4.78 is 0. The molecule has 0 unspecified atom stereocenters. The third-order valence-corrected chi connectivity index (χ3v) is 5.52. The summed E-state index contributed by atoms with van der Waals surface area (Å²) in [6, 6.07) is 16.0. The van der Waals surface area contributed by atoms with Gasteiger partial charge in [0.15, 0.2) is 0 Å². The van der Waals surface area contributed by atoms with Gasteiger partial charge in [-0.2, -0.15) is 0 Å². The van der Waals surface area contributed by atoms with Crippen molar-refractivity contribution >= 4 is 34.7 Å². The molecule has 0 spiro atoms. The lowest BCUT2D eigenvalue weighted by molar-refractivity contribution is -0.123. The molecule has 1 saturated heterocycles. The molecule has 2 amide bonds. The first-order valence-electron chi connectivity index (χ1n) is 9.17. The molecule has 140 valence electrons. The molecule has 1 fully saturated rings. The first-order valence-corrected chi connectivity index (χ1v) is 9.99. The first-order chi connectivity index (χ1) is 13.0. The summed E-state index contributed by atoms with van der Waals surface area (Å²) in [6.07, 6.45) is 1.80. The van der Waals surface area contributed by atoms with Gasteiger partial charge in [-0.15, -0.1) is 0 Å². The average Bonchev–Trinajstić information content (AvgIpc) is 2.91. The summed E-state index contributed by atoms with van der Waals surface area (Å²) in [5.41, 5.74) is 4.15. The van der Waals surface area contributed by atoms with E-state index in [0.29, 0.717) is 11.4 Å². The van der Waals surface area contributed by atoms with Crippen LogP contribution in [-0.4, -0.2) is 29.1 Å². The van der Waals surface area contributed by atoms with Gasteiger partial charge in [-0.3, -0.25) is 14.5 Å². The summed E-state index contributed by atoms with van der Waals surface area (Å²) in [4.78, 5) is 29.1. The number of anilines is 1. The van der Waals surface area contributed by atoms with Crippen molar-refractivity contribution in [3.63, 3.8) is 0 Å². The quantitative estimate of drug-likeness (QED) is 0.656. The summed E-state index contributed by atoms with van der Waals surface area (Å²) in [6.45, 7) is 8.47. The standard InChI is InChI=1S/C22H24N2O2S/c1-4-23(5-2)19-11-9-17(10-12-19)14-20-21(25)24(22(26)27-20)15-18-8-6-7-16(3)13-18/h6-14H,4-5,15H2,1-3H3/b20-14-. The number of amides is 2. The van der Waals surface area contributed by atoms with E-state index in [1.54, 1.807) is 6.08 Å². The van der Waals surface area contributed by atoms with E-state index in [4.69, 9.17) is 0 Å². The molecule has 0 saturated carbocycles. The van der Waals surface area contributed by atoms with Gasteiger partial charge in [0.25, 0.3) is 11.1 Å². The summed E-state index contributed by atoms with van der Waals surface area (Å²) in [5, 5.41) is -0.215. The normalized spacial score (nSPS) is 15.7. The van der Waals surface area contributed by atoms with E-state index in [2.05, 4.69) is 30.9 Å². The number of thioether (sulfide) groups is 1. The molecule has 0 aliphatic carbocycles. The molecule has 27 heavy (non-hydrogen) atoms. The van der Waals surface area contributed by atoms with Crippen LogP contribution in [0, 0.1) is 6.92 Å². The number of imide groups is 1. The molecule has 5 heteroatoms. The minimum absolute atomic E-state index is 0.215. The largest absolute Gasteiger partial charge is 0.372 e. The van der Waals surface area contributed by atoms with Gasteiger partial charge in [-0.25, -0.2) is 0 Å². The number of hydrogen-bond donors (Lipinski definition) is 0. The maximum absolute atomic E-state index is 12.7. The molecule has 0 bridgehead atoms. The molecule has 1 aliphatic rings. The van der Waals surface area contributed by atoms with E-state index in [-0.39, 0.29) is 11.1 Å². The Morgan fingerprint density at radius 3 is 2.37 bits per heavy atom. The second kappa shape index (κ2) is 8.44. The molecular formula is C22H24N2O2S. The highest BCUT2D eigenvalue weighted by Crippen LogP contribution is 2.33. The second-order valence-electron chi connectivity index (χ2n) is 6.52. The highest BCUT2D eigenvalue weighted by atomic mass is 32.2. The molecular weight excluding hydrogens is 356 g/mol. The highest BCUT2D eigenvalue weighted by molar-refractivity contribution is 8.18. The van der Waals surface area contributed by atoms with Crippen molar-refractivity contribution in [2.24, 2.45) is 0 Å². The molecule has 1 heterocycles. The van der Waals surface area contributed by atoms with Gasteiger partial charge in [0.2, 0.25) is 0 Å². The second-order valence-corrected chi connectivity index (χ2v) is 7.51. The Morgan fingerprint density at radius 2 is 1.74 bits per heavy atom. The molecule has 0 atom stereocenters. The predicted octanol–water partition coefficient (Wildman–Crippen LogP) is 5.08. The van der Waals surface area contributed by atoms with E-state index >= 15 is 0 Å². The molecule has 4 nitrogen and oxygen atoms in total. The molecule has 0 radical (unpaired) electrons. The Hall–Kier alpha value is -2.53. The van der Waals surface area contributed by atoms with Crippen LogP contribution in [0.3, 0.4) is 0 Å². The van der Waals surface area contributed by atoms with Crippen LogP contribution in [-0.2, 0) is 11.3 Å². The molecule has 1 aliphatic heterocycles. The number of carbonyl (C=O) groups is 2. The van der Waals surface area contributed by atoms with Crippen LogP contribution in [0.5, 0.6) is 0 Å². The lowest BCUT2D eigenvalue weighted by atomic mass is 10.1. The SMILES string of the molecule is CCN(CC)c1ccc(/C=C2\SC(=O)N(Cc3cccc(C)c3)C2=O)cc1. The Balaban J connectivity index is 1.76. The van der Waals surface area contributed by atoms with Gasteiger partial charge in [0.1, 0.15) is 0 Å². The Bertz CT molecular complexity index is 870. The van der Waals surface area contributed by atoms with Crippen molar-refractivity contribution in [3.8, 4) is 0 Å². The zero-order valence-electron chi connectivity index (χ0n) is 15.9. The molecule has 0 aromatic heterocycles. The van der Waals surface area contributed by atoms with Crippen LogP contribution in [0.2, 0.25) is 0 Å². The fraction of sp³-hybridized carbons (Fsp3) is 0.273. The minimum Gasteiger partial charge on any atom is -0.372 e. The van der Waals surface area contributed by atoms with E-state index in [1.807, 2.05) is 43.3 Å². The number of carbonyl (C=O) groups excluding carboxylic acids is 2. The van der Waals surface area contributed by atoms with E-state index < -0.39 is 0 Å². The van der Waals surface area contributed by atoms with E-state index in [0.717, 1.165) is 47.2 Å². The smallest absolute Gasteiger partial charge is 0.293 e. The van der Waals surface area contributed by atoms with Crippen molar-refractivity contribution in [2.45, 2.75) is 27.3 Å². The zero-order valence-corrected chi connectivity index (χ0v) is 16.8. The van der Waals surface area contributed by atoms with Crippen molar-refractivity contribution in [1.29, 1.82) is 0 Å². The van der Waals surface area contributed by atoms with Crippen LogP contribution in [0.15, 0.2) is 53.4 Å². The van der Waals surface area contributed by atoms with Gasteiger partial charge < -0.3 is 4.90 Å². The number of aryl methyl sites for hydroxylation is 1. The molecule has 0 N–H and O–H groups in total. The third-order valence-electron chi connectivity index (χ3n) is 4.62. The maximum atomic E-state index is 12.7. The lowest BCUT2D eigenvalue weighted by Gasteiger charge is -2.20. The van der Waals surface area contributed by atoms with Gasteiger partial charge in [0.05, 0.1) is 11.4 Å². The van der Waals surface area contributed by atoms with Gasteiger partial charge in [0, 0.05) is 18.8 Å². The highest BCUT2D eigenvalue weighted by Gasteiger charge is 2.34. The topological polar surface area (TPSA) is 40.6 Å². The lowest BCUT2D eigenvalue weighted by Crippen LogP contribution is -2.27. The Labute approximate surface area is 164 Å². The van der Waals surface area contributed by atoms with Gasteiger partial charge >= 0.3 is 0 Å². The Kier molecular flexibility index (Phi) is 6.01. The average molecular weight is 381 g/mol. The van der Waals surface area contributed by atoms with Crippen molar-refractivity contribution < 1.29 is 9.59 Å². The van der Waals surface area contributed by atoms with E-state index in [1.165, 1.54) is 4.90 Å².